The third-order valence-corrected chi connectivity index (χ3v) is 4.89. The highest BCUT2D eigenvalue weighted by molar-refractivity contribution is 6.30. The number of ether oxygens (including phenoxy) is 3. The highest BCUT2D eigenvalue weighted by Gasteiger charge is 2.37. The summed E-state index contributed by atoms with van der Waals surface area (Å²) >= 11 is 5.94. The molecule has 2 N–H and O–H groups in total. The first kappa shape index (κ1) is 21.3. The number of hydrogen-bond acceptors (Lipinski definition) is 6. The Bertz CT molecular complexity index is 1050. The molecule has 6 nitrogen and oxygen atoms in total. The highest BCUT2D eigenvalue weighted by atomic mass is 35.5. The summed E-state index contributed by atoms with van der Waals surface area (Å²) in [7, 11) is 0. The number of allylic oxidation sites excluding steroid dienone is 2. The van der Waals surface area contributed by atoms with Gasteiger partial charge in [-0.15, -0.1) is 0 Å². The van der Waals surface area contributed by atoms with Gasteiger partial charge in [-0.3, -0.25) is 0 Å². The molecule has 1 aliphatic rings. The Kier molecular flexibility index (Phi) is 6.65. The van der Waals surface area contributed by atoms with Crippen molar-refractivity contribution in [1.82, 2.24) is 0 Å². The summed E-state index contributed by atoms with van der Waals surface area (Å²) in [5.74, 6) is -0.547. The molecule has 7 heteroatoms. The molecule has 2 aromatic carbocycles. The van der Waals surface area contributed by atoms with Gasteiger partial charge in [0, 0.05) is 10.6 Å². The van der Waals surface area contributed by atoms with Crippen LogP contribution < -0.4 is 10.5 Å². The molecule has 2 aromatic rings. The fourth-order valence-electron chi connectivity index (χ4n) is 3.26. The molecule has 0 aromatic heterocycles. The number of benzene rings is 2. The molecule has 0 aliphatic carbocycles. The second-order valence-corrected chi connectivity index (χ2v) is 7.00. The van der Waals surface area contributed by atoms with Crippen LogP contribution in [0.25, 0.3) is 0 Å². The summed E-state index contributed by atoms with van der Waals surface area (Å²) in [6, 6.07) is 16.6. The molecule has 0 saturated heterocycles. The predicted octanol–water partition coefficient (Wildman–Crippen LogP) is 4.56. The summed E-state index contributed by atoms with van der Waals surface area (Å²) in [6.07, 6.45) is 0. The lowest BCUT2D eigenvalue weighted by Gasteiger charge is -2.28. The number of nitriles is 1. The Hall–Kier alpha value is -3.43. The van der Waals surface area contributed by atoms with Crippen molar-refractivity contribution in [1.29, 1.82) is 5.26 Å². The van der Waals surface area contributed by atoms with Crippen molar-refractivity contribution in [3.63, 3.8) is 0 Å². The molecule has 154 valence electrons. The normalized spacial score (nSPS) is 16.0. The van der Waals surface area contributed by atoms with E-state index in [1.807, 2.05) is 24.3 Å². The molecule has 1 unspecified atom stereocenters. The highest BCUT2D eigenvalue weighted by Crippen LogP contribution is 2.43. The van der Waals surface area contributed by atoms with Crippen LogP contribution in [0.2, 0.25) is 5.02 Å². The first-order chi connectivity index (χ1) is 14.5. The lowest BCUT2D eigenvalue weighted by atomic mass is 9.82. The average molecular weight is 425 g/mol. The first-order valence-electron chi connectivity index (χ1n) is 9.37. The molecule has 0 fully saturated rings. The molecule has 1 atom stereocenters. The van der Waals surface area contributed by atoms with E-state index >= 15 is 0 Å². The minimum atomic E-state index is -0.760. The summed E-state index contributed by atoms with van der Waals surface area (Å²) in [6.45, 7) is 3.82. The van der Waals surface area contributed by atoms with E-state index in [4.69, 9.17) is 31.5 Å². The van der Waals surface area contributed by atoms with Crippen LogP contribution in [-0.2, 0) is 20.9 Å². The zero-order chi connectivity index (χ0) is 21.7. The van der Waals surface area contributed by atoms with Crippen molar-refractivity contribution in [2.24, 2.45) is 5.73 Å². The Labute approximate surface area is 180 Å². The maximum Gasteiger partial charge on any atom is 0.338 e. The number of nitrogens with zero attached hydrogens (tertiary/aromatic N) is 1. The number of rotatable bonds is 6. The van der Waals surface area contributed by atoms with E-state index in [0.29, 0.717) is 22.1 Å². The number of hydrogen-bond donors (Lipinski definition) is 1. The van der Waals surface area contributed by atoms with Crippen LogP contribution in [0.5, 0.6) is 5.75 Å². The molecule has 0 spiro atoms. The van der Waals surface area contributed by atoms with Crippen LogP contribution >= 0.6 is 11.6 Å². The van der Waals surface area contributed by atoms with Gasteiger partial charge in [-0.05, 0) is 37.6 Å². The Morgan fingerprint density at radius 3 is 2.60 bits per heavy atom. The van der Waals surface area contributed by atoms with Gasteiger partial charge in [0.25, 0.3) is 0 Å². The number of para-hydroxylation sites is 1. The van der Waals surface area contributed by atoms with Crippen molar-refractivity contribution in [2.75, 3.05) is 6.61 Å². The van der Waals surface area contributed by atoms with Crippen molar-refractivity contribution in [3.8, 4) is 11.8 Å². The second kappa shape index (κ2) is 9.38. The maximum atomic E-state index is 12.7. The van der Waals surface area contributed by atoms with Gasteiger partial charge < -0.3 is 19.9 Å². The van der Waals surface area contributed by atoms with E-state index in [2.05, 4.69) is 6.07 Å². The van der Waals surface area contributed by atoms with Gasteiger partial charge >= 0.3 is 5.97 Å². The van der Waals surface area contributed by atoms with E-state index in [9.17, 15) is 10.1 Å². The number of carbonyl (C=O) groups is 1. The fraction of sp³-hybridized carbons (Fsp3) is 0.217. The molecule has 0 radical (unpaired) electrons. The van der Waals surface area contributed by atoms with E-state index < -0.39 is 11.9 Å². The monoisotopic (exact) mass is 424 g/mol. The topological polar surface area (TPSA) is 94.6 Å². The third-order valence-electron chi connectivity index (χ3n) is 4.64. The van der Waals surface area contributed by atoms with Gasteiger partial charge in [0.15, 0.2) is 0 Å². The van der Waals surface area contributed by atoms with Crippen molar-refractivity contribution < 1.29 is 19.0 Å². The molecule has 1 aliphatic heterocycles. The molecule has 30 heavy (non-hydrogen) atoms. The Balaban J connectivity index is 2.02. The summed E-state index contributed by atoms with van der Waals surface area (Å²) in [4.78, 5) is 12.7. The van der Waals surface area contributed by atoms with Gasteiger partial charge in [0.05, 0.1) is 18.1 Å². The van der Waals surface area contributed by atoms with Gasteiger partial charge in [0.1, 0.15) is 29.8 Å². The number of nitrogens with two attached hydrogens (primary N) is 1. The first-order valence-corrected chi connectivity index (χ1v) is 9.75. The zero-order valence-corrected chi connectivity index (χ0v) is 17.4. The molecule has 0 amide bonds. The van der Waals surface area contributed by atoms with E-state index in [0.717, 1.165) is 5.56 Å². The minimum absolute atomic E-state index is 0.0412. The number of halogens is 1. The Morgan fingerprint density at radius 1 is 1.23 bits per heavy atom. The van der Waals surface area contributed by atoms with E-state index in [1.165, 1.54) is 0 Å². The molecule has 0 saturated carbocycles. The van der Waals surface area contributed by atoms with Crippen molar-refractivity contribution in [2.45, 2.75) is 26.4 Å². The largest absolute Gasteiger partial charge is 0.489 e. The number of esters is 1. The molecular weight excluding hydrogens is 404 g/mol. The van der Waals surface area contributed by atoms with Crippen LogP contribution in [0.3, 0.4) is 0 Å². The minimum Gasteiger partial charge on any atom is -0.489 e. The molecule has 1 heterocycles. The molecular formula is C23H21ClN2O4. The number of carbonyl (C=O) groups excluding carboxylic acids is 1. The van der Waals surface area contributed by atoms with Crippen LogP contribution in [0.1, 0.15) is 30.9 Å². The zero-order valence-electron chi connectivity index (χ0n) is 16.6. The van der Waals surface area contributed by atoms with Gasteiger partial charge in [-0.25, -0.2) is 4.79 Å². The van der Waals surface area contributed by atoms with Crippen LogP contribution in [0.15, 0.2) is 71.3 Å². The van der Waals surface area contributed by atoms with Crippen molar-refractivity contribution in [3.05, 3.63) is 87.5 Å². The van der Waals surface area contributed by atoms with Gasteiger partial charge in [0.2, 0.25) is 5.88 Å². The summed E-state index contributed by atoms with van der Waals surface area (Å²) in [5, 5.41) is 10.4. The second-order valence-electron chi connectivity index (χ2n) is 6.57. The lowest BCUT2D eigenvalue weighted by Crippen LogP contribution is -2.26. The quantitative estimate of drug-likeness (QED) is 0.683. The van der Waals surface area contributed by atoms with Gasteiger partial charge in [-0.1, -0.05) is 41.9 Å². The molecule has 0 bridgehead atoms. The van der Waals surface area contributed by atoms with Crippen LogP contribution in [-0.4, -0.2) is 12.6 Å². The van der Waals surface area contributed by atoms with E-state index in [1.54, 1.807) is 38.1 Å². The fourth-order valence-corrected chi connectivity index (χ4v) is 3.38. The lowest BCUT2D eigenvalue weighted by molar-refractivity contribution is -0.139. The Morgan fingerprint density at radius 2 is 1.93 bits per heavy atom. The summed E-state index contributed by atoms with van der Waals surface area (Å²) < 4.78 is 16.7. The smallest absolute Gasteiger partial charge is 0.338 e. The third kappa shape index (κ3) is 4.42. The SMILES string of the molecule is CCOC(=O)C1=C(C)OC(N)=C(C#N)C1c1ccccc1OCc1ccc(Cl)cc1. The van der Waals surface area contributed by atoms with Crippen molar-refractivity contribution >= 4 is 17.6 Å². The van der Waals surface area contributed by atoms with E-state index in [-0.39, 0.29) is 30.2 Å². The standard InChI is InChI=1S/C23H21ClN2O4/c1-3-28-23(27)20-14(2)30-22(26)18(12-25)21(20)17-6-4-5-7-19(17)29-13-15-8-10-16(24)11-9-15/h4-11,21H,3,13,26H2,1-2H3. The van der Waals surface area contributed by atoms with Crippen LogP contribution in [0.4, 0.5) is 0 Å². The predicted molar refractivity (Wildman–Crippen MR) is 112 cm³/mol. The van der Waals surface area contributed by atoms with Crippen LogP contribution in [0, 0.1) is 11.3 Å². The average Bonchev–Trinajstić information content (AvgIpc) is 2.73. The molecule has 3 rings (SSSR count). The summed E-state index contributed by atoms with van der Waals surface area (Å²) in [5.41, 5.74) is 7.87. The maximum absolute atomic E-state index is 12.7. The van der Waals surface area contributed by atoms with Gasteiger partial charge in [-0.2, -0.15) is 5.26 Å².